The molecular formula is C16H20N2O4S. The maximum Gasteiger partial charge on any atom is 0.331 e. The number of nitrogens with one attached hydrogen (secondary N) is 1. The molecule has 23 heavy (non-hydrogen) atoms. The normalized spacial score (nSPS) is 13.7. The van der Waals surface area contributed by atoms with Crippen LogP contribution in [0.4, 0.5) is 0 Å². The summed E-state index contributed by atoms with van der Waals surface area (Å²) in [5.74, 6) is -1.10. The molecule has 2 aromatic heterocycles. The Morgan fingerprint density at radius 2 is 2.00 bits per heavy atom. The van der Waals surface area contributed by atoms with Crippen molar-refractivity contribution in [3.05, 3.63) is 27.8 Å². The van der Waals surface area contributed by atoms with Crippen molar-refractivity contribution in [1.82, 2.24) is 10.3 Å². The van der Waals surface area contributed by atoms with E-state index < -0.39 is 24.0 Å². The zero-order chi connectivity index (χ0) is 17.3. The first-order chi connectivity index (χ1) is 10.8. The van der Waals surface area contributed by atoms with Crippen molar-refractivity contribution in [3.8, 4) is 0 Å². The molecule has 2 N–H and O–H groups in total. The Morgan fingerprint density at radius 1 is 1.35 bits per heavy atom. The van der Waals surface area contributed by atoms with Crippen LogP contribution in [-0.4, -0.2) is 41.2 Å². The molecule has 0 aliphatic carbocycles. The van der Waals surface area contributed by atoms with E-state index in [1.165, 1.54) is 25.4 Å². The van der Waals surface area contributed by atoms with Crippen LogP contribution >= 0.6 is 11.3 Å². The molecular weight excluding hydrogens is 316 g/mol. The number of aromatic nitrogens is 1. The number of thiophene rings is 1. The van der Waals surface area contributed by atoms with Crippen molar-refractivity contribution in [2.75, 3.05) is 7.11 Å². The summed E-state index contributed by atoms with van der Waals surface area (Å²) in [6, 6.07) is 0.865. The number of amides is 1. The topological polar surface area (TPSA) is 88.5 Å². The largest absolute Gasteiger partial charge is 0.467 e. The highest BCUT2D eigenvalue weighted by molar-refractivity contribution is 7.20. The molecule has 1 amide bonds. The lowest BCUT2D eigenvalue weighted by molar-refractivity contribution is -0.145. The average molecular weight is 336 g/mol. The Morgan fingerprint density at radius 3 is 2.57 bits per heavy atom. The molecule has 0 aliphatic rings. The number of aliphatic hydroxyl groups excluding tert-OH is 1. The molecule has 0 saturated carbocycles. The van der Waals surface area contributed by atoms with Crippen LogP contribution in [0.1, 0.15) is 33.4 Å². The molecule has 0 radical (unpaired) electrons. The number of carbonyl (C=O) groups excluding carboxylic acids is 2. The molecule has 0 aliphatic heterocycles. The summed E-state index contributed by atoms with van der Waals surface area (Å²) in [5.41, 5.74) is 2.77. The van der Waals surface area contributed by atoms with Gasteiger partial charge in [0.05, 0.1) is 18.1 Å². The van der Waals surface area contributed by atoms with Gasteiger partial charge < -0.3 is 15.2 Å². The quantitative estimate of drug-likeness (QED) is 0.832. The number of hydrogen-bond acceptors (Lipinski definition) is 6. The highest BCUT2D eigenvalue weighted by Gasteiger charge is 2.28. The monoisotopic (exact) mass is 336 g/mol. The summed E-state index contributed by atoms with van der Waals surface area (Å²) in [6.07, 6.45) is -1.05. The summed E-state index contributed by atoms with van der Waals surface area (Å²) in [7, 11) is 1.21. The molecule has 0 aromatic carbocycles. The van der Waals surface area contributed by atoms with Gasteiger partial charge in [0, 0.05) is 11.1 Å². The van der Waals surface area contributed by atoms with Crippen molar-refractivity contribution >= 4 is 33.4 Å². The number of aryl methyl sites for hydroxylation is 3. The molecule has 2 rings (SSSR count). The van der Waals surface area contributed by atoms with Crippen LogP contribution in [0.3, 0.4) is 0 Å². The fraction of sp³-hybridized carbons (Fsp3) is 0.438. The maximum absolute atomic E-state index is 12.5. The molecule has 7 heteroatoms. The minimum Gasteiger partial charge on any atom is -0.467 e. The summed E-state index contributed by atoms with van der Waals surface area (Å²) in [6.45, 7) is 7.16. The first kappa shape index (κ1) is 17.4. The molecule has 2 atom stereocenters. The fourth-order valence-electron chi connectivity index (χ4n) is 2.55. The Kier molecular flexibility index (Phi) is 5.01. The zero-order valence-electron chi connectivity index (χ0n) is 13.8. The van der Waals surface area contributed by atoms with Gasteiger partial charge in [-0.15, -0.1) is 11.3 Å². The third-order valence-corrected chi connectivity index (χ3v) is 4.84. The fourth-order valence-corrected chi connectivity index (χ4v) is 3.75. The molecule has 2 aromatic rings. The number of rotatable bonds is 4. The van der Waals surface area contributed by atoms with Gasteiger partial charge >= 0.3 is 5.97 Å². The van der Waals surface area contributed by atoms with Crippen molar-refractivity contribution < 1.29 is 19.4 Å². The van der Waals surface area contributed by atoms with E-state index in [4.69, 9.17) is 0 Å². The van der Waals surface area contributed by atoms with Gasteiger partial charge in [-0.3, -0.25) is 4.79 Å². The van der Waals surface area contributed by atoms with Crippen molar-refractivity contribution in [2.24, 2.45) is 0 Å². The summed E-state index contributed by atoms with van der Waals surface area (Å²) in [4.78, 5) is 29.9. The second kappa shape index (κ2) is 6.64. The van der Waals surface area contributed by atoms with Gasteiger partial charge in [-0.2, -0.15) is 0 Å². The van der Waals surface area contributed by atoms with Gasteiger partial charge in [0.1, 0.15) is 4.83 Å². The molecule has 0 bridgehead atoms. The lowest BCUT2D eigenvalue weighted by Crippen LogP contribution is -2.48. The van der Waals surface area contributed by atoms with Gasteiger partial charge in [0.15, 0.2) is 6.04 Å². The highest BCUT2D eigenvalue weighted by Crippen LogP contribution is 2.32. The van der Waals surface area contributed by atoms with Crippen LogP contribution in [0.5, 0.6) is 0 Å². The lowest BCUT2D eigenvalue weighted by atomic mass is 10.1. The molecule has 124 valence electrons. The van der Waals surface area contributed by atoms with E-state index in [0.29, 0.717) is 4.88 Å². The van der Waals surface area contributed by atoms with Crippen molar-refractivity contribution in [2.45, 2.75) is 39.8 Å². The molecule has 6 nitrogen and oxygen atoms in total. The average Bonchev–Trinajstić information content (AvgIpc) is 2.80. The van der Waals surface area contributed by atoms with Crippen LogP contribution in [-0.2, 0) is 9.53 Å². The lowest BCUT2D eigenvalue weighted by Gasteiger charge is -2.18. The van der Waals surface area contributed by atoms with Crippen molar-refractivity contribution in [1.29, 1.82) is 0 Å². The minimum atomic E-state index is -1.10. The third-order valence-electron chi connectivity index (χ3n) is 3.66. The standard InChI is InChI=1S/C16H20N2O4S/c1-7-6-8(2)17-15-11(7)9(3)13(23-15)14(20)18-12(10(4)19)16(21)22-5/h6,10,12,19H,1-5H3,(H,18,20). The number of ether oxygens (including phenoxy) is 1. The van der Waals surface area contributed by atoms with E-state index in [2.05, 4.69) is 15.0 Å². The number of carbonyl (C=O) groups is 2. The number of hydrogen-bond donors (Lipinski definition) is 2. The molecule has 2 heterocycles. The SMILES string of the molecule is COC(=O)C(NC(=O)c1sc2nc(C)cc(C)c2c1C)C(C)O. The smallest absolute Gasteiger partial charge is 0.331 e. The number of methoxy groups -OCH3 is 1. The first-order valence-corrected chi connectivity index (χ1v) is 8.02. The molecule has 0 saturated heterocycles. The maximum atomic E-state index is 12.5. The Balaban J connectivity index is 2.40. The number of fused-ring (bicyclic) bond motifs is 1. The Bertz CT molecular complexity index is 767. The summed E-state index contributed by atoms with van der Waals surface area (Å²) in [5, 5.41) is 13.2. The predicted octanol–water partition coefficient (Wildman–Crippen LogP) is 1.87. The molecule has 0 spiro atoms. The van der Waals surface area contributed by atoms with E-state index >= 15 is 0 Å². The Hall–Kier alpha value is -1.99. The van der Waals surface area contributed by atoms with E-state index in [1.807, 2.05) is 26.8 Å². The van der Waals surface area contributed by atoms with Crippen molar-refractivity contribution in [3.63, 3.8) is 0 Å². The van der Waals surface area contributed by atoms with E-state index in [1.54, 1.807) is 0 Å². The predicted molar refractivity (Wildman–Crippen MR) is 88.8 cm³/mol. The van der Waals surface area contributed by atoms with E-state index in [0.717, 1.165) is 27.0 Å². The molecule has 2 unspecified atom stereocenters. The van der Waals surface area contributed by atoms with Crippen LogP contribution in [0.2, 0.25) is 0 Å². The van der Waals surface area contributed by atoms with E-state index in [9.17, 15) is 14.7 Å². The summed E-state index contributed by atoms with van der Waals surface area (Å²) >= 11 is 1.28. The number of esters is 1. The van der Waals surface area contributed by atoms with E-state index in [-0.39, 0.29) is 0 Å². The minimum absolute atomic E-state index is 0.418. The number of nitrogens with zero attached hydrogens (tertiary/aromatic N) is 1. The first-order valence-electron chi connectivity index (χ1n) is 7.20. The van der Waals surface area contributed by atoms with Gasteiger partial charge in [0.2, 0.25) is 0 Å². The van der Waals surface area contributed by atoms with Crippen LogP contribution in [0.15, 0.2) is 6.07 Å². The molecule has 0 fully saturated rings. The third kappa shape index (κ3) is 3.35. The van der Waals surface area contributed by atoms with Crippen LogP contribution < -0.4 is 5.32 Å². The van der Waals surface area contributed by atoms with Gasteiger partial charge in [-0.1, -0.05) is 0 Å². The van der Waals surface area contributed by atoms with Crippen LogP contribution in [0.25, 0.3) is 10.2 Å². The van der Waals surface area contributed by atoms with Gasteiger partial charge in [0.25, 0.3) is 5.91 Å². The summed E-state index contributed by atoms with van der Waals surface area (Å²) < 4.78 is 4.61. The zero-order valence-corrected chi connectivity index (χ0v) is 14.6. The number of aliphatic hydroxyl groups is 1. The second-order valence-corrected chi connectivity index (χ2v) is 6.53. The Labute approximate surface area is 138 Å². The van der Waals surface area contributed by atoms with Gasteiger partial charge in [-0.05, 0) is 44.9 Å². The highest BCUT2D eigenvalue weighted by atomic mass is 32.1. The van der Waals surface area contributed by atoms with Gasteiger partial charge in [-0.25, -0.2) is 9.78 Å². The number of pyridine rings is 1. The second-order valence-electron chi connectivity index (χ2n) is 5.53. The van der Waals surface area contributed by atoms with Crippen LogP contribution in [0, 0.1) is 20.8 Å².